The number of amides is 3. The molecule has 1 atom stereocenters. The van der Waals surface area contributed by atoms with Gasteiger partial charge in [-0.3, -0.25) is 14.4 Å². The maximum absolute atomic E-state index is 13.9. The Balaban J connectivity index is 1.50. The molecule has 8 nitrogen and oxygen atoms in total. The zero-order chi connectivity index (χ0) is 22.7. The zero-order valence-electron chi connectivity index (χ0n) is 18.0. The van der Waals surface area contributed by atoms with Crippen LogP contribution in [0.1, 0.15) is 60.0 Å². The van der Waals surface area contributed by atoms with Gasteiger partial charge in [0.15, 0.2) is 5.82 Å². The van der Waals surface area contributed by atoms with Crippen molar-refractivity contribution in [3.8, 4) is 0 Å². The third-order valence-electron chi connectivity index (χ3n) is 5.98. The van der Waals surface area contributed by atoms with Gasteiger partial charge >= 0.3 is 0 Å². The summed E-state index contributed by atoms with van der Waals surface area (Å²) in [5, 5.41) is 2.54. The first-order valence-electron chi connectivity index (χ1n) is 10.9. The number of halogens is 1. The van der Waals surface area contributed by atoms with Crippen LogP contribution in [0.2, 0.25) is 0 Å². The van der Waals surface area contributed by atoms with Crippen LogP contribution in [0.4, 0.5) is 10.1 Å². The summed E-state index contributed by atoms with van der Waals surface area (Å²) in [6.07, 6.45) is 5.26. The Morgan fingerprint density at radius 2 is 2.00 bits per heavy atom. The number of nitrogens with one attached hydrogen (secondary N) is 1. The summed E-state index contributed by atoms with van der Waals surface area (Å²) in [5.74, 6) is -0.630. The average Bonchev–Trinajstić information content (AvgIpc) is 3.19. The van der Waals surface area contributed by atoms with Gasteiger partial charge in [-0.25, -0.2) is 14.4 Å². The minimum atomic E-state index is -0.524. The molecule has 32 heavy (non-hydrogen) atoms. The highest BCUT2D eigenvalue weighted by molar-refractivity contribution is 6.04. The van der Waals surface area contributed by atoms with Gasteiger partial charge in [-0.15, -0.1) is 0 Å². The maximum Gasteiger partial charge on any atom is 0.259 e. The van der Waals surface area contributed by atoms with Crippen molar-refractivity contribution in [2.75, 3.05) is 25.0 Å². The molecule has 3 heterocycles. The molecular formula is C23H26FN5O3. The van der Waals surface area contributed by atoms with Crippen molar-refractivity contribution in [2.45, 2.75) is 45.1 Å². The van der Waals surface area contributed by atoms with Gasteiger partial charge in [-0.05, 0) is 44.7 Å². The Bertz CT molecular complexity index is 1040. The highest BCUT2D eigenvalue weighted by Gasteiger charge is 2.33. The second-order valence-electron chi connectivity index (χ2n) is 8.18. The van der Waals surface area contributed by atoms with Crippen LogP contribution in [0.15, 0.2) is 30.5 Å². The molecule has 1 aromatic carbocycles. The molecule has 9 heteroatoms. The molecule has 1 unspecified atom stereocenters. The first-order valence-corrected chi connectivity index (χ1v) is 10.9. The molecule has 1 N–H and O–H groups in total. The van der Waals surface area contributed by atoms with E-state index < -0.39 is 11.7 Å². The summed E-state index contributed by atoms with van der Waals surface area (Å²) in [6.45, 7) is 2.98. The van der Waals surface area contributed by atoms with E-state index in [1.165, 1.54) is 18.3 Å². The molecule has 4 rings (SSSR count). The number of aromatic nitrogens is 2. The van der Waals surface area contributed by atoms with Crippen LogP contribution in [0.3, 0.4) is 0 Å². The number of likely N-dealkylation sites (tertiary alicyclic amines) is 2. The number of piperidine rings is 1. The van der Waals surface area contributed by atoms with Crippen molar-refractivity contribution < 1.29 is 18.8 Å². The Kier molecular flexibility index (Phi) is 6.43. The molecule has 0 aliphatic carbocycles. The standard InChI is InChI=1S/C23H26FN5O3/c1-15-16(23(32)27-18-8-3-2-7-17(18)24)13-25-22(26-15)19-9-4-5-12-29(19)21(31)14-28-11-6-10-20(28)30/h2-3,7-8,13,19H,4-6,9-12,14H2,1H3,(H,27,32). The number of benzene rings is 1. The molecule has 2 aromatic rings. The molecule has 2 aliphatic rings. The minimum Gasteiger partial charge on any atom is -0.333 e. The Hall–Kier alpha value is -3.36. The lowest BCUT2D eigenvalue weighted by molar-refractivity contribution is -0.141. The average molecular weight is 439 g/mol. The molecule has 1 aromatic heterocycles. The van der Waals surface area contributed by atoms with Gasteiger partial charge in [0.05, 0.1) is 29.5 Å². The molecule has 0 saturated carbocycles. The normalized spacial score (nSPS) is 18.7. The third kappa shape index (κ3) is 4.61. The molecule has 0 spiro atoms. The molecule has 2 fully saturated rings. The molecule has 168 valence electrons. The van der Waals surface area contributed by atoms with Crippen LogP contribution in [-0.4, -0.2) is 57.1 Å². The Morgan fingerprint density at radius 1 is 1.19 bits per heavy atom. The lowest BCUT2D eigenvalue weighted by Crippen LogP contribution is -2.45. The van der Waals surface area contributed by atoms with E-state index in [1.807, 2.05) is 0 Å². The van der Waals surface area contributed by atoms with Crippen LogP contribution >= 0.6 is 0 Å². The highest BCUT2D eigenvalue weighted by Crippen LogP contribution is 2.30. The number of nitrogens with zero attached hydrogens (tertiary/aromatic N) is 4. The van der Waals surface area contributed by atoms with Gasteiger partial charge in [0.1, 0.15) is 5.82 Å². The second-order valence-corrected chi connectivity index (χ2v) is 8.18. The van der Waals surface area contributed by atoms with Crippen LogP contribution in [0.5, 0.6) is 0 Å². The number of anilines is 1. The van der Waals surface area contributed by atoms with Crippen LogP contribution in [0, 0.1) is 12.7 Å². The van der Waals surface area contributed by atoms with Crippen molar-refractivity contribution in [3.05, 3.63) is 53.4 Å². The van der Waals surface area contributed by atoms with Gasteiger partial charge in [-0.2, -0.15) is 0 Å². The molecular weight excluding hydrogens is 413 g/mol. The lowest BCUT2D eigenvalue weighted by atomic mass is 10.0. The Morgan fingerprint density at radius 3 is 2.72 bits per heavy atom. The number of rotatable bonds is 5. The van der Waals surface area contributed by atoms with E-state index in [4.69, 9.17) is 0 Å². The maximum atomic E-state index is 13.9. The smallest absolute Gasteiger partial charge is 0.259 e. The quantitative estimate of drug-likeness (QED) is 0.773. The molecule has 0 bridgehead atoms. The van der Waals surface area contributed by atoms with Gasteiger partial charge in [0.25, 0.3) is 5.91 Å². The van der Waals surface area contributed by atoms with E-state index in [0.717, 1.165) is 25.7 Å². The summed E-state index contributed by atoms with van der Waals surface area (Å²) in [6, 6.07) is 5.64. The predicted molar refractivity (Wildman–Crippen MR) is 115 cm³/mol. The molecule has 3 amide bonds. The SMILES string of the molecule is Cc1nc(C2CCCCN2C(=O)CN2CCCC2=O)ncc1C(=O)Nc1ccccc1F. The van der Waals surface area contributed by atoms with Gasteiger partial charge in [-0.1, -0.05) is 12.1 Å². The number of hydrogen-bond acceptors (Lipinski definition) is 5. The predicted octanol–water partition coefficient (Wildman–Crippen LogP) is 2.85. The topological polar surface area (TPSA) is 95.5 Å². The van der Waals surface area contributed by atoms with Crippen molar-refractivity contribution in [1.29, 1.82) is 0 Å². The first kappa shape index (κ1) is 21.9. The molecule has 0 radical (unpaired) electrons. The van der Waals surface area contributed by atoms with Crippen LogP contribution < -0.4 is 5.32 Å². The van der Waals surface area contributed by atoms with Gasteiger partial charge < -0.3 is 15.1 Å². The van der Waals surface area contributed by atoms with Crippen LogP contribution in [-0.2, 0) is 9.59 Å². The third-order valence-corrected chi connectivity index (χ3v) is 5.98. The summed E-state index contributed by atoms with van der Waals surface area (Å²) in [4.78, 5) is 49.7. The fourth-order valence-corrected chi connectivity index (χ4v) is 4.24. The molecule has 2 aliphatic heterocycles. The minimum absolute atomic E-state index is 0.0178. The number of carbonyl (C=O) groups is 3. The van der Waals surface area contributed by atoms with Crippen LogP contribution in [0.25, 0.3) is 0 Å². The summed E-state index contributed by atoms with van der Waals surface area (Å²) in [5.41, 5.74) is 0.784. The fourth-order valence-electron chi connectivity index (χ4n) is 4.24. The first-order chi connectivity index (χ1) is 15.4. The second kappa shape index (κ2) is 9.42. The van der Waals surface area contributed by atoms with E-state index >= 15 is 0 Å². The van der Waals surface area contributed by atoms with Crippen molar-refractivity contribution in [3.63, 3.8) is 0 Å². The van der Waals surface area contributed by atoms with E-state index in [2.05, 4.69) is 15.3 Å². The number of para-hydroxylation sites is 1. The van der Waals surface area contributed by atoms with E-state index in [9.17, 15) is 18.8 Å². The largest absolute Gasteiger partial charge is 0.333 e. The Labute approximate surface area is 185 Å². The van der Waals surface area contributed by atoms with Gasteiger partial charge in [0.2, 0.25) is 11.8 Å². The highest BCUT2D eigenvalue weighted by atomic mass is 19.1. The number of hydrogen-bond donors (Lipinski definition) is 1. The monoisotopic (exact) mass is 439 g/mol. The fraction of sp³-hybridized carbons (Fsp3) is 0.435. The molecule has 2 saturated heterocycles. The van der Waals surface area contributed by atoms with Crippen molar-refractivity contribution in [1.82, 2.24) is 19.8 Å². The van der Waals surface area contributed by atoms with Gasteiger partial charge in [0, 0.05) is 25.7 Å². The number of carbonyl (C=O) groups excluding carboxylic acids is 3. The lowest BCUT2D eigenvalue weighted by Gasteiger charge is -2.35. The summed E-state index contributed by atoms with van der Waals surface area (Å²) >= 11 is 0. The van der Waals surface area contributed by atoms with Crippen molar-refractivity contribution in [2.24, 2.45) is 0 Å². The number of aryl methyl sites for hydroxylation is 1. The van der Waals surface area contributed by atoms with Crippen molar-refractivity contribution >= 4 is 23.4 Å². The van der Waals surface area contributed by atoms with E-state index in [-0.39, 0.29) is 35.7 Å². The summed E-state index contributed by atoms with van der Waals surface area (Å²) < 4.78 is 13.9. The van der Waals surface area contributed by atoms with E-state index in [0.29, 0.717) is 31.0 Å². The summed E-state index contributed by atoms with van der Waals surface area (Å²) in [7, 11) is 0. The zero-order valence-corrected chi connectivity index (χ0v) is 18.0. The van der Waals surface area contributed by atoms with E-state index in [1.54, 1.807) is 28.9 Å².